The molecule has 0 spiro atoms. The molecule has 1 nitrogen and oxygen atoms in total. The van der Waals surface area contributed by atoms with Crippen LogP contribution in [0.15, 0.2) is 42.5 Å². The van der Waals surface area contributed by atoms with Crippen LogP contribution >= 0.6 is 0 Å². The van der Waals surface area contributed by atoms with Crippen molar-refractivity contribution in [1.82, 2.24) is 5.32 Å². The Morgan fingerprint density at radius 3 is 2.84 bits per heavy atom. The Labute approximate surface area is 113 Å². The summed E-state index contributed by atoms with van der Waals surface area (Å²) >= 11 is 0. The van der Waals surface area contributed by atoms with Gasteiger partial charge in [0.1, 0.15) is 6.17 Å². The first-order chi connectivity index (χ1) is 9.34. The molecular formula is C17H20FN. The Hall–Kier alpha value is -1.41. The lowest BCUT2D eigenvalue weighted by Crippen LogP contribution is -2.35. The Kier molecular flexibility index (Phi) is 3.79. The van der Waals surface area contributed by atoms with Crippen LogP contribution in [-0.2, 0) is 6.42 Å². The molecule has 19 heavy (non-hydrogen) atoms. The average Bonchev–Trinajstić information content (AvgIpc) is 2.48. The highest BCUT2D eigenvalue weighted by Gasteiger charge is 2.23. The second-order valence-electron chi connectivity index (χ2n) is 5.46. The Morgan fingerprint density at radius 2 is 2.00 bits per heavy atom. The van der Waals surface area contributed by atoms with Crippen LogP contribution in [0, 0.1) is 5.92 Å². The van der Waals surface area contributed by atoms with E-state index in [9.17, 15) is 4.39 Å². The first kappa shape index (κ1) is 12.6. The molecule has 1 aliphatic rings. The third-order valence-electron chi connectivity index (χ3n) is 4.14. The van der Waals surface area contributed by atoms with Crippen LogP contribution in [0.25, 0.3) is 10.8 Å². The van der Waals surface area contributed by atoms with E-state index in [1.807, 2.05) is 18.2 Å². The summed E-state index contributed by atoms with van der Waals surface area (Å²) in [5.41, 5.74) is 1.14. The monoisotopic (exact) mass is 257 g/mol. The molecule has 2 heteroatoms. The molecule has 1 saturated heterocycles. The summed E-state index contributed by atoms with van der Waals surface area (Å²) in [6, 6.07) is 14.4. The predicted molar refractivity (Wildman–Crippen MR) is 78.1 cm³/mol. The lowest BCUT2D eigenvalue weighted by atomic mass is 9.89. The summed E-state index contributed by atoms with van der Waals surface area (Å²) in [6.45, 7) is 1.86. The Balaban J connectivity index is 1.80. The normalized spacial score (nSPS) is 21.4. The number of rotatable bonds is 3. The molecule has 2 aromatic rings. The standard InChI is InChI=1S/C17H20FN/c18-17(15-8-4-10-19-12-15)11-14-7-3-6-13-5-1-2-9-16(13)14/h1-3,5-7,9,15,17,19H,4,8,10-12H2. The fourth-order valence-electron chi connectivity index (χ4n) is 3.03. The quantitative estimate of drug-likeness (QED) is 0.883. The van der Waals surface area contributed by atoms with Crippen LogP contribution in [-0.4, -0.2) is 19.3 Å². The summed E-state index contributed by atoms with van der Waals surface area (Å²) < 4.78 is 14.5. The van der Waals surface area contributed by atoms with Crippen molar-refractivity contribution in [3.8, 4) is 0 Å². The summed E-state index contributed by atoms with van der Waals surface area (Å²) in [4.78, 5) is 0. The minimum Gasteiger partial charge on any atom is -0.316 e. The van der Waals surface area contributed by atoms with Crippen molar-refractivity contribution in [2.75, 3.05) is 13.1 Å². The van der Waals surface area contributed by atoms with Gasteiger partial charge in [-0.25, -0.2) is 4.39 Å². The van der Waals surface area contributed by atoms with Gasteiger partial charge in [0.25, 0.3) is 0 Å². The maximum Gasteiger partial charge on any atom is 0.108 e. The van der Waals surface area contributed by atoms with Gasteiger partial charge in [0.2, 0.25) is 0 Å². The molecule has 1 heterocycles. The van der Waals surface area contributed by atoms with Crippen molar-refractivity contribution in [3.63, 3.8) is 0 Å². The van der Waals surface area contributed by atoms with E-state index in [0.29, 0.717) is 6.42 Å². The van der Waals surface area contributed by atoms with Crippen LogP contribution in [0.5, 0.6) is 0 Å². The van der Waals surface area contributed by atoms with Crippen molar-refractivity contribution in [2.45, 2.75) is 25.4 Å². The number of nitrogens with one attached hydrogen (secondary N) is 1. The number of alkyl halides is 1. The molecule has 0 amide bonds. The molecule has 0 radical (unpaired) electrons. The molecule has 0 bridgehead atoms. The Morgan fingerprint density at radius 1 is 1.16 bits per heavy atom. The molecule has 100 valence electrons. The molecule has 1 N–H and O–H groups in total. The molecule has 0 aliphatic carbocycles. The highest BCUT2D eigenvalue weighted by Crippen LogP contribution is 2.25. The van der Waals surface area contributed by atoms with E-state index in [0.717, 1.165) is 31.5 Å². The highest BCUT2D eigenvalue weighted by molar-refractivity contribution is 5.85. The van der Waals surface area contributed by atoms with Gasteiger partial charge in [-0.1, -0.05) is 42.5 Å². The SMILES string of the molecule is FC(Cc1cccc2ccccc12)C1CCCNC1. The molecule has 2 aromatic carbocycles. The predicted octanol–water partition coefficient (Wildman–Crippen LogP) is 3.72. The maximum atomic E-state index is 14.5. The van der Waals surface area contributed by atoms with Gasteiger partial charge in [0.05, 0.1) is 0 Å². The molecule has 1 aliphatic heterocycles. The van der Waals surface area contributed by atoms with E-state index in [1.165, 1.54) is 10.8 Å². The first-order valence-electron chi connectivity index (χ1n) is 7.16. The topological polar surface area (TPSA) is 12.0 Å². The second-order valence-corrected chi connectivity index (χ2v) is 5.46. The molecule has 0 saturated carbocycles. The van der Waals surface area contributed by atoms with Gasteiger partial charge in [0, 0.05) is 18.9 Å². The molecule has 3 rings (SSSR count). The fraction of sp³-hybridized carbons (Fsp3) is 0.412. The van der Waals surface area contributed by atoms with Crippen molar-refractivity contribution in [2.24, 2.45) is 5.92 Å². The number of fused-ring (bicyclic) bond motifs is 1. The van der Waals surface area contributed by atoms with Gasteiger partial charge < -0.3 is 5.32 Å². The molecule has 2 unspecified atom stereocenters. The molecular weight excluding hydrogens is 237 g/mol. The zero-order valence-corrected chi connectivity index (χ0v) is 11.1. The minimum absolute atomic E-state index is 0.174. The lowest BCUT2D eigenvalue weighted by molar-refractivity contribution is 0.191. The van der Waals surface area contributed by atoms with Gasteiger partial charge in [-0.05, 0) is 35.7 Å². The Bertz CT molecular complexity index is 540. The van der Waals surface area contributed by atoms with Crippen LogP contribution < -0.4 is 5.32 Å². The first-order valence-corrected chi connectivity index (χ1v) is 7.16. The minimum atomic E-state index is -0.737. The van der Waals surface area contributed by atoms with E-state index in [1.54, 1.807) is 0 Å². The smallest absolute Gasteiger partial charge is 0.108 e. The van der Waals surface area contributed by atoms with Crippen molar-refractivity contribution in [3.05, 3.63) is 48.0 Å². The number of hydrogen-bond donors (Lipinski definition) is 1. The van der Waals surface area contributed by atoms with Crippen LogP contribution in [0.4, 0.5) is 4.39 Å². The van der Waals surface area contributed by atoms with E-state index in [4.69, 9.17) is 0 Å². The van der Waals surface area contributed by atoms with E-state index in [-0.39, 0.29) is 5.92 Å². The third kappa shape index (κ3) is 2.79. The highest BCUT2D eigenvalue weighted by atomic mass is 19.1. The van der Waals surface area contributed by atoms with Crippen molar-refractivity contribution >= 4 is 10.8 Å². The second kappa shape index (κ2) is 5.70. The van der Waals surface area contributed by atoms with E-state index < -0.39 is 6.17 Å². The fourth-order valence-corrected chi connectivity index (χ4v) is 3.03. The number of piperidine rings is 1. The third-order valence-corrected chi connectivity index (χ3v) is 4.14. The van der Waals surface area contributed by atoms with Gasteiger partial charge in [-0.2, -0.15) is 0 Å². The lowest BCUT2D eigenvalue weighted by Gasteiger charge is -2.26. The number of halogens is 1. The zero-order chi connectivity index (χ0) is 13.1. The molecule has 0 aromatic heterocycles. The average molecular weight is 257 g/mol. The van der Waals surface area contributed by atoms with E-state index >= 15 is 0 Å². The van der Waals surface area contributed by atoms with Crippen LogP contribution in [0.1, 0.15) is 18.4 Å². The van der Waals surface area contributed by atoms with Crippen molar-refractivity contribution < 1.29 is 4.39 Å². The summed E-state index contributed by atoms with van der Waals surface area (Å²) in [5.74, 6) is 0.174. The van der Waals surface area contributed by atoms with E-state index in [2.05, 4.69) is 29.6 Å². The zero-order valence-electron chi connectivity index (χ0n) is 11.1. The number of hydrogen-bond acceptors (Lipinski definition) is 1. The van der Waals surface area contributed by atoms with Gasteiger partial charge in [0.15, 0.2) is 0 Å². The number of benzene rings is 2. The van der Waals surface area contributed by atoms with Crippen molar-refractivity contribution in [1.29, 1.82) is 0 Å². The summed E-state index contributed by atoms with van der Waals surface area (Å²) in [5, 5.41) is 5.69. The largest absolute Gasteiger partial charge is 0.316 e. The summed E-state index contributed by atoms with van der Waals surface area (Å²) in [6.07, 6.45) is 1.91. The van der Waals surface area contributed by atoms with Gasteiger partial charge in [-0.15, -0.1) is 0 Å². The molecule has 1 fully saturated rings. The van der Waals surface area contributed by atoms with Gasteiger partial charge in [-0.3, -0.25) is 0 Å². The van der Waals surface area contributed by atoms with Crippen LogP contribution in [0.2, 0.25) is 0 Å². The van der Waals surface area contributed by atoms with Crippen LogP contribution in [0.3, 0.4) is 0 Å². The van der Waals surface area contributed by atoms with Gasteiger partial charge >= 0.3 is 0 Å². The molecule has 2 atom stereocenters. The maximum absolute atomic E-state index is 14.5. The summed E-state index contributed by atoms with van der Waals surface area (Å²) in [7, 11) is 0.